The summed E-state index contributed by atoms with van der Waals surface area (Å²) in [5.41, 5.74) is 0.564. The molecule has 0 saturated carbocycles. The predicted octanol–water partition coefficient (Wildman–Crippen LogP) is 1.79. The minimum Gasteiger partial charge on any atom is -0.493 e. The maximum atomic E-state index is 11.3. The van der Waals surface area contributed by atoms with Crippen LogP contribution in [0.4, 0.5) is 0 Å². The molecule has 0 aliphatic rings. The van der Waals surface area contributed by atoms with Crippen molar-refractivity contribution in [1.29, 1.82) is 0 Å². The largest absolute Gasteiger partial charge is 0.493 e. The fraction of sp³-hybridized carbons (Fsp3) is 0.385. The fourth-order valence-electron chi connectivity index (χ4n) is 1.33. The second-order valence-electron chi connectivity index (χ2n) is 4.01. The number of rotatable bonds is 6. The Kier molecular flexibility index (Phi) is 5.20. The molecule has 4 nitrogen and oxygen atoms in total. The van der Waals surface area contributed by atoms with Gasteiger partial charge in [0.15, 0.2) is 0 Å². The average molecular weight is 235 g/mol. The third kappa shape index (κ3) is 5.15. The summed E-state index contributed by atoms with van der Waals surface area (Å²) in [7, 11) is 0. The van der Waals surface area contributed by atoms with Crippen LogP contribution in [0.1, 0.15) is 30.6 Å². The third-order valence-corrected chi connectivity index (χ3v) is 2.04. The fourth-order valence-corrected chi connectivity index (χ4v) is 1.33. The molecule has 0 bridgehead atoms. The molecule has 92 valence electrons. The van der Waals surface area contributed by atoms with Crippen LogP contribution in [0.25, 0.3) is 0 Å². The molecule has 0 radical (unpaired) electrons. The normalized spacial score (nSPS) is 10.1. The Morgan fingerprint density at radius 1 is 1.47 bits per heavy atom. The molecule has 0 heterocycles. The maximum Gasteiger partial charge on any atom is 0.223 e. The van der Waals surface area contributed by atoms with Gasteiger partial charge in [0.25, 0.3) is 0 Å². The number of carbonyl (C=O) groups is 2. The Labute approximate surface area is 101 Å². The molecule has 1 aromatic carbocycles. The zero-order valence-electron chi connectivity index (χ0n) is 10.1. The number of nitrogens with one attached hydrogen (secondary N) is 1. The molecule has 0 aromatic heterocycles. The Morgan fingerprint density at radius 2 is 2.24 bits per heavy atom. The summed E-state index contributed by atoms with van der Waals surface area (Å²) in [5.74, 6) is 0.568. The van der Waals surface area contributed by atoms with Crippen LogP contribution in [0, 0.1) is 0 Å². The zero-order valence-corrected chi connectivity index (χ0v) is 10.1. The smallest absolute Gasteiger partial charge is 0.223 e. The molecule has 1 rings (SSSR count). The number of ether oxygens (including phenoxy) is 1. The first-order chi connectivity index (χ1) is 8.11. The maximum absolute atomic E-state index is 11.3. The third-order valence-electron chi connectivity index (χ3n) is 2.04. The molecule has 0 spiro atoms. The van der Waals surface area contributed by atoms with Crippen molar-refractivity contribution in [2.75, 3.05) is 6.61 Å². The van der Waals surface area contributed by atoms with Crippen molar-refractivity contribution < 1.29 is 14.3 Å². The first kappa shape index (κ1) is 13.2. The lowest BCUT2D eigenvalue weighted by Crippen LogP contribution is -2.31. The van der Waals surface area contributed by atoms with Gasteiger partial charge in [-0.05, 0) is 26.0 Å². The van der Waals surface area contributed by atoms with Gasteiger partial charge in [-0.15, -0.1) is 0 Å². The first-order valence-corrected chi connectivity index (χ1v) is 5.59. The highest BCUT2D eigenvalue weighted by Gasteiger charge is 2.03. The summed E-state index contributed by atoms with van der Waals surface area (Å²) in [6.07, 6.45) is 1.07. The second kappa shape index (κ2) is 6.68. The van der Waals surface area contributed by atoms with Crippen LogP contribution in [0.2, 0.25) is 0 Å². The highest BCUT2D eigenvalue weighted by atomic mass is 16.5. The first-order valence-electron chi connectivity index (χ1n) is 5.59. The number of benzene rings is 1. The van der Waals surface area contributed by atoms with Crippen molar-refractivity contribution in [2.24, 2.45) is 0 Å². The Bertz CT molecular complexity index is 388. The molecule has 0 atom stereocenters. The summed E-state index contributed by atoms with van der Waals surface area (Å²) in [4.78, 5) is 21.9. The monoisotopic (exact) mass is 235 g/mol. The summed E-state index contributed by atoms with van der Waals surface area (Å²) >= 11 is 0. The van der Waals surface area contributed by atoms with Gasteiger partial charge < -0.3 is 10.1 Å². The van der Waals surface area contributed by atoms with E-state index in [1.165, 1.54) is 0 Å². The van der Waals surface area contributed by atoms with Gasteiger partial charge in [0, 0.05) is 11.6 Å². The minimum absolute atomic E-state index is 0.0356. The molecular formula is C13H17NO3. The summed E-state index contributed by atoms with van der Waals surface area (Å²) in [6.45, 7) is 4.12. The van der Waals surface area contributed by atoms with Gasteiger partial charge in [0.1, 0.15) is 12.0 Å². The number of hydrogen-bond donors (Lipinski definition) is 1. The minimum atomic E-state index is -0.0356. The number of carbonyl (C=O) groups excluding carboxylic acids is 2. The molecule has 0 fully saturated rings. The van der Waals surface area contributed by atoms with Crippen molar-refractivity contribution in [3.8, 4) is 5.75 Å². The number of aldehydes is 1. The van der Waals surface area contributed by atoms with Crippen molar-refractivity contribution in [3.63, 3.8) is 0 Å². The highest BCUT2D eigenvalue weighted by Crippen LogP contribution is 2.11. The molecule has 1 amide bonds. The van der Waals surface area contributed by atoms with E-state index in [-0.39, 0.29) is 11.9 Å². The van der Waals surface area contributed by atoms with Gasteiger partial charge in [-0.2, -0.15) is 0 Å². The van der Waals surface area contributed by atoms with Crippen LogP contribution < -0.4 is 10.1 Å². The van der Waals surface area contributed by atoms with Crippen LogP contribution in [-0.4, -0.2) is 24.8 Å². The molecule has 0 saturated heterocycles. The Hall–Kier alpha value is -1.84. The highest BCUT2D eigenvalue weighted by molar-refractivity contribution is 5.76. The summed E-state index contributed by atoms with van der Waals surface area (Å²) < 4.78 is 5.38. The van der Waals surface area contributed by atoms with Crippen LogP contribution in [0.15, 0.2) is 24.3 Å². The van der Waals surface area contributed by atoms with Crippen molar-refractivity contribution >= 4 is 12.2 Å². The van der Waals surface area contributed by atoms with E-state index in [9.17, 15) is 9.59 Å². The molecule has 4 heteroatoms. The van der Waals surface area contributed by atoms with Crippen LogP contribution >= 0.6 is 0 Å². The van der Waals surface area contributed by atoms with E-state index in [4.69, 9.17) is 4.74 Å². The quantitative estimate of drug-likeness (QED) is 0.765. The molecular weight excluding hydrogens is 218 g/mol. The van der Waals surface area contributed by atoms with E-state index in [0.29, 0.717) is 24.3 Å². The molecule has 0 aliphatic heterocycles. The van der Waals surface area contributed by atoms with Crippen molar-refractivity contribution in [3.05, 3.63) is 29.8 Å². The number of hydrogen-bond acceptors (Lipinski definition) is 3. The van der Waals surface area contributed by atoms with E-state index in [1.807, 2.05) is 13.8 Å². The predicted molar refractivity (Wildman–Crippen MR) is 65.2 cm³/mol. The molecule has 0 aliphatic carbocycles. The van der Waals surface area contributed by atoms with E-state index in [0.717, 1.165) is 6.29 Å². The van der Waals surface area contributed by atoms with Crippen molar-refractivity contribution in [1.82, 2.24) is 5.32 Å². The second-order valence-corrected chi connectivity index (χ2v) is 4.01. The molecule has 0 unspecified atom stereocenters. The van der Waals surface area contributed by atoms with E-state index in [2.05, 4.69) is 5.32 Å². The van der Waals surface area contributed by atoms with Crippen LogP contribution in [0.3, 0.4) is 0 Å². The van der Waals surface area contributed by atoms with Crippen LogP contribution in [0.5, 0.6) is 5.75 Å². The van der Waals surface area contributed by atoms with Crippen molar-refractivity contribution in [2.45, 2.75) is 26.3 Å². The van der Waals surface area contributed by atoms with Gasteiger partial charge in [-0.1, -0.05) is 12.1 Å². The Morgan fingerprint density at radius 3 is 2.88 bits per heavy atom. The molecule has 1 N–H and O–H groups in total. The summed E-state index contributed by atoms with van der Waals surface area (Å²) in [6, 6.07) is 6.99. The topological polar surface area (TPSA) is 55.4 Å². The lowest BCUT2D eigenvalue weighted by Gasteiger charge is -2.09. The SMILES string of the molecule is CC(C)NC(=O)CCOc1cccc(C=O)c1. The lowest BCUT2D eigenvalue weighted by molar-refractivity contribution is -0.122. The number of amides is 1. The standard InChI is InChI=1S/C13H17NO3/c1-10(2)14-13(16)6-7-17-12-5-3-4-11(8-12)9-15/h3-5,8-10H,6-7H2,1-2H3,(H,14,16). The zero-order chi connectivity index (χ0) is 12.7. The van der Waals surface area contributed by atoms with Crippen LogP contribution in [-0.2, 0) is 4.79 Å². The van der Waals surface area contributed by atoms with E-state index in [1.54, 1.807) is 24.3 Å². The van der Waals surface area contributed by atoms with Gasteiger partial charge in [-0.25, -0.2) is 0 Å². The molecule has 17 heavy (non-hydrogen) atoms. The van der Waals surface area contributed by atoms with Gasteiger partial charge in [0.05, 0.1) is 13.0 Å². The molecule has 1 aromatic rings. The summed E-state index contributed by atoms with van der Waals surface area (Å²) in [5, 5.41) is 2.78. The lowest BCUT2D eigenvalue weighted by atomic mass is 10.2. The average Bonchev–Trinajstić information content (AvgIpc) is 2.28. The van der Waals surface area contributed by atoms with E-state index >= 15 is 0 Å². The van der Waals surface area contributed by atoms with Gasteiger partial charge >= 0.3 is 0 Å². The van der Waals surface area contributed by atoms with E-state index < -0.39 is 0 Å². The van der Waals surface area contributed by atoms with Gasteiger partial charge in [0.2, 0.25) is 5.91 Å². The Balaban J connectivity index is 2.35. The van der Waals surface area contributed by atoms with Gasteiger partial charge in [-0.3, -0.25) is 9.59 Å².